The van der Waals surface area contributed by atoms with Crippen molar-refractivity contribution in [3.8, 4) is 0 Å². The first kappa shape index (κ1) is 13.0. The number of nitrogens with zero attached hydrogens (tertiary/aromatic N) is 3. The van der Waals surface area contributed by atoms with Gasteiger partial charge in [-0.05, 0) is 38.8 Å². The van der Waals surface area contributed by atoms with Crippen LogP contribution in [0.5, 0.6) is 0 Å². The van der Waals surface area contributed by atoms with E-state index in [0.717, 1.165) is 19.0 Å². The standard InChI is InChI=1S/C15H26N4/c1-2-6-14(7-3-1)19-13-9-17-15(19)16-8-12-18-10-4-5-11-18/h9,13-14H,1-8,10-12H2,(H,16,17). The molecule has 1 saturated heterocycles. The van der Waals surface area contributed by atoms with Gasteiger partial charge in [-0.2, -0.15) is 0 Å². The Bertz CT molecular complexity index is 375. The quantitative estimate of drug-likeness (QED) is 0.885. The van der Waals surface area contributed by atoms with Crippen molar-refractivity contribution in [3.63, 3.8) is 0 Å². The summed E-state index contributed by atoms with van der Waals surface area (Å²) >= 11 is 0. The first-order valence-corrected chi connectivity index (χ1v) is 7.92. The second-order valence-electron chi connectivity index (χ2n) is 5.93. The van der Waals surface area contributed by atoms with E-state index < -0.39 is 0 Å². The Morgan fingerprint density at radius 1 is 1.11 bits per heavy atom. The average molecular weight is 262 g/mol. The fraction of sp³-hybridized carbons (Fsp3) is 0.800. The van der Waals surface area contributed by atoms with Crippen LogP contribution in [0.15, 0.2) is 12.4 Å². The van der Waals surface area contributed by atoms with E-state index in [-0.39, 0.29) is 0 Å². The van der Waals surface area contributed by atoms with Crippen molar-refractivity contribution < 1.29 is 0 Å². The van der Waals surface area contributed by atoms with Crippen molar-refractivity contribution in [3.05, 3.63) is 12.4 Å². The predicted molar refractivity (Wildman–Crippen MR) is 78.5 cm³/mol. The monoisotopic (exact) mass is 262 g/mol. The second kappa shape index (κ2) is 6.42. The lowest BCUT2D eigenvalue weighted by atomic mass is 9.95. The number of imidazole rings is 1. The molecule has 1 saturated carbocycles. The zero-order valence-electron chi connectivity index (χ0n) is 11.9. The van der Waals surface area contributed by atoms with E-state index in [9.17, 15) is 0 Å². The maximum atomic E-state index is 4.49. The van der Waals surface area contributed by atoms with Crippen LogP contribution in [0, 0.1) is 0 Å². The van der Waals surface area contributed by atoms with Crippen molar-refractivity contribution >= 4 is 5.95 Å². The molecule has 0 amide bonds. The molecule has 4 nitrogen and oxygen atoms in total. The summed E-state index contributed by atoms with van der Waals surface area (Å²) in [6.45, 7) is 4.72. The van der Waals surface area contributed by atoms with Gasteiger partial charge in [-0.15, -0.1) is 0 Å². The first-order valence-electron chi connectivity index (χ1n) is 7.92. The Kier molecular flexibility index (Phi) is 4.38. The second-order valence-corrected chi connectivity index (χ2v) is 5.93. The van der Waals surface area contributed by atoms with Crippen molar-refractivity contribution in [2.75, 3.05) is 31.5 Å². The van der Waals surface area contributed by atoms with Crippen molar-refractivity contribution in [2.45, 2.75) is 51.0 Å². The molecule has 19 heavy (non-hydrogen) atoms. The van der Waals surface area contributed by atoms with Gasteiger partial charge in [0.05, 0.1) is 0 Å². The van der Waals surface area contributed by atoms with Gasteiger partial charge in [0, 0.05) is 31.5 Å². The highest BCUT2D eigenvalue weighted by Gasteiger charge is 2.17. The van der Waals surface area contributed by atoms with Gasteiger partial charge in [-0.3, -0.25) is 0 Å². The molecule has 3 rings (SSSR count). The molecule has 0 spiro atoms. The number of nitrogens with one attached hydrogen (secondary N) is 1. The maximum absolute atomic E-state index is 4.49. The zero-order valence-corrected chi connectivity index (χ0v) is 11.9. The molecular formula is C15H26N4. The van der Waals surface area contributed by atoms with Gasteiger partial charge in [0.25, 0.3) is 0 Å². The molecule has 0 aromatic carbocycles. The fourth-order valence-corrected chi connectivity index (χ4v) is 3.44. The predicted octanol–water partition coefficient (Wildman–Crippen LogP) is 2.90. The van der Waals surface area contributed by atoms with E-state index in [1.54, 1.807) is 0 Å². The minimum atomic E-state index is 0.672. The highest BCUT2D eigenvalue weighted by atomic mass is 15.2. The number of rotatable bonds is 5. The lowest BCUT2D eigenvalue weighted by molar-refractivity contribution is 0.347. The Hall–Kier alpha value is -1.03. The molecule has 2 fully saturated rings. The van der Waals surface area contributed by atoms with Crippen LogP contribution in [-0.4, -0.2) is 40.6 Å². The molecule has 2 heterocycles. The summed E-state index contributed by atoms with van der Waals surface area (Å²) in [6, 6.07) is 0.672. The van der Waals surface area contributed by atoms with Gasteiger partial charge < -0.3 is 14.8 Å². The molecule has 4 heteroatoms. The van der Waals surface area contributed by atoms with Gasteiger partial charge in [-0.1, -0.05) is 19.3 Å². The van der Waals surface area contributed by atoms with Crippen molar-refractivity contribution in [1.29, 1.82) is 0 Å². The van der Waals surface area contributed by atoms with Crippen LogP contribution in [0.25, 0.3) is 0 Å². The third-order valence-corrected chi connectivity index (χ3v) is 4.55. The lowest BCUT2D eigenvalue weighted by Gasteiger charge is -2.25. The molecule has 1 aromatic heterocycles. The zero-order chi connectivity index (χ0) is 12.9. The third kappa shape index (κ3) is 3.30. The minimum absolute atomic E-state index is 0.672. The average Bonchev–Trinajstić information content (AvgIpc) is 3.11. The Morgan fingerprint density at radius 3 is 2.68 bits per heavy atom. The maximum Gasteiger partial charge on any atom is 0.203 e. The molecule has 1 N–H and O–H groups in total. The molecule has 0 bridgehead atoms. The van der Waals surface area contributed by atoms with E-state index in [1.165, 1.54) is 58.0 Å². The van der Waals surface area contributed by atoms with Crippen LogP contribution in [-0.2, 0) is 0 Å². The summed E-state index contributed by atoms with van der Waals surface area (Å²) in [5.41, 5.74) is 0. The first-order chi connectivity index (χ1) is 9.43. The van der Waals surface area contributed by atoms with Crippen LogP contribution in [0.4, 0.5) is 5.95 Å². The van der Waals surface area contributed by atoms with Gasteiger partial charge in [0.2, 0.25) is 5.95 Å². The summed E-state index contributed by atoms with van der Waals surface area (Å²) in [4.78, 5) is 7.03. The lowest BCUT2D eigenvalue weighted by Crippen LogP contribution is -2.27. The van der Waals surface area contributed by atoms with Crippen LogP contribution in [0.1, 0.15) is 51.0 Å². The smallest absolute Gasteiger partial charge is 0.203 e. The van der Waals surface area contributed by atoms with E-state index in [2.05, 4.69) is 26.0 Å². The summed E-state index contributed by atoms with van der Waals surface area (Å²) in [7, 11) is 0. The number of aromatic nitrogens is 2. The normalized spacial score (nSPS) is 21.9. The number of hydrogen-bond donors (Lipinski definition) is 1. The van der Waals surface area contributed by atoms with E-state index in [4.69, 9.17) is 0 Å². The molecule has 1 aromatic rings. The van der Waals surface area contributed by atoms with Gasteiger partial charge >= 0.3 is 0 Å². The summed E-state index contributed by atoms with van der Waals surface area (Å²) < 4.78 is 2.36. The molecule has 0 radical (unpaired) electrons. The highest BCUT2D eigenvalue weighted by molar-refractivity contribution is 5.26. The van der Waals surface area contributed by atoms with Crippen molar-refractivity contribution in [1.82, 2.24) is 14.5 Å². The Balaban J connectivity index is 1.51. The van der Waals surface area contributed by atoms with E-state index in [1.807, 2.05) is 6.20 Å². The Labute approximate surface area is 116 Å². The van der Waals surface area contributed by atoms with E-state index >= 15 is 0 Å². The molecular weight excluding hydrogens is 236 g/mol. The van der Waals surface area contributed by atoms with Gasteiger partial charge in [0.15, 0.2) is 0 Å². The van der Waals surface area contributed by atoms with Gasteiger partial charge in [-0.25, -0.2) is 4.98 Å². The number of hydrogen-bond acceptors (Lipinski definition) is 3. The third-order valence-electron chi connectivity index (χ3n) is 4.55. The highest BCUT2D eigenvalue weighted by Crippen LogP contribution is 2.29. The molecule has 1 aliphatic carbocycles. The topological polar surface area (TPSA) is 33.1 Å². The number of anilines is 1. The fourth-order valence-electron chi connectivity index (χ4n) is 3.44. The van der Waals surface area contributed by atoms with Crippen LogP contribution in [0.3, 0.4) is 0 Å². The van der Waals surface area contributed by atoms with Crippen LogP contribution in [0.2, 0.25) is 0 Å². The number of likely N-dealkylation sites (tertiary alicyclic amines) is 1. The van der Waals surface area contributed by atoms with Crippen molar-refractivity contribution in [2.24, 2.45) is 0 Å². The van der Waals surface area contributed by atoms with Crippen LogP contribution >= 0.6 is 0 Å². The minimum Gasteiger partial charge on any atom is -0.354 e. The summed E-state index contributed by atoms with van der Waals surface area (Å²) in [6.07, 6.45) is 13.6. The SMILES string of the molecule is c1cn(C2CCCCC2)c(NCCN2CCCC2)n1. The molecule has 1 aliphatic heterocycles. The van der Waals surface area contributed by atoms with Gasteiger partial charge in [0.1, 0.15) is 0 Å². The molecule has 0 atom stereocenters. The largest absolute Gasteiger partial charge is 0.354 e. The van der Waals surface area contributed by atoms with E-state index in [0.29, 0.717) is 6.04 Å². The van der Waals surface area contributed by atoms with Crippen LogP contribution < -0.4 is 5.32 Å². The Morgan fingerprint density at radius 2 is 1.89 bits per heavy atom. The molecule has 2 aliphatic rings. The summed E-state index contributed by atoms with van der Waals surface area (Å²) in [5.74, 6) is 1.08. The summed E-state index contributed by atoms with van der Waals surface area (Å²) in [5, 5.41) is 3.53. The molecule has 106 valence electrons. The molecule has 0 unspecified atom stereocenters.